The van der Waals surface area contributed by atoms with Crippen molar-refractivity contribution in [1.29, 1.82) is 0 Å². The number of rotatable bonds is 1. The van der Waals surface area contributed by atoms with E-state index in [0.29, 0.717) is 0 Å². The van der Waals surface area contributed by atoms with Crippen molar-refractivity contribution >= 4 is 38.5 Å². The Morgan fingerprint density at radius 3 is 2.82 bits per heavy atom. The van der Waals surface area contributed by atoms with E-state index in [-0.39, 0.29) is 6.04 Å². The summed E-state index contributed by atoms with van der Waals surface area (Å²) in [5.41, 5.74) is 6.63. The maximum absolute atomic E-state index is 5.68. The molecule has 0 radical (unpaired) electrons. The van der Waals surface area contributed by atoms with Crippen LogP contribution in [0.2, 0.25) is 0 Å². The molecule has 0 amide bonds. The third-order valence-corrected chi connectivity index (χ3v) is 2.57. The van der Waals surface area contributed by atoms with E-state index in [1.54, 1.807) is 6.20 Å². The smallest absolute Gasteiger partial charge is 0.0702 e. The second kappa shape index (κ2) is 3.82. The molecular weight excluding hydrogens is 319 g/mol. The summed E-state index contributed by atoms with van der Waals surface area (Å²) in [6.45, 7) is 1.93. The average molecular weight is 327 g/mol. The molecule has 0 saturated heterocycles. The molecule has 11 heavy (non-hydrogen) atoms. The summed E-state index contributed by atoms with van der Waals surface area (Å²) in [5, 5.41) is 0. The Balaban J connectivity index is 3.09. The molecule has 1 atom stereocenters. The Morgan fingerprint density at radius 2 is 2.36 bits per heavy atom. The number of aromatic nitrogens is 1. The lowest BCUT2D eigenvalue weighted by Gasteiger charge is -2.06. The van der Waals surface area contributed by atoms with Gasteiger partial charge < -0.3 is 5.73 Å². The van der Waals surface area contributed by atoms with Crippen molar-refractivity contribution in [3.05, 3.63) is 26.0 Å². The Morgan fingerprint density at radius 1 is 1.73 bits per heavy atom. The molecule has 1 aromatic heterocycles. The van der Waals surface area contributed by atoms with Gasteiger partial charge in [0.1, 0.15) is 0 Å². The summed E-state index contributed by atoms with van der Waals surface area (Å²) in [4.78, 5) is 4.20. The summed E-state index contributed by atoms with van der Waals surface area (Å²) < 4.78 is 2.10. The topological polar surface area (TPSA) is 38.9 Å². The number of nitrogens with zero attached hydrogens (tertiary/aromatic N) is 1. The fourth-order valence-electron chi connectivity index (χ4n) is 0.760. The van der Waals surface area contributed by atoms with Crippen LogP contribution in [0.5, 0.6) is 0 Å². The molecule has 1 rings (SSSR count). The van der Waals surface area contributed by atoms with E-state index in [2.05, 4.69) is 43.5 Å². The van der Waals surface area contributed by atoms with Crippen molar-refractivity contribution in [2.75, 3.05) is 0 Å². The zero-order chi connectivity index (χ0) is 8.43. The predicted molar refractivity (Wildman–Crippen MR) is 57.3 cm³/mol. The van der Waals surface area contributed by atoms with Gasteiger partial charge in [-0.25, -0.2) is 0 Å². The van der Waals surface area contributed by atoms with Crippen LogP contribution in [-0.2, 0) is 0 Å². The average Bonchev–Trinajstić information content (AvgIpc) is 1.85. The zero-order valence-corrected chi connectivity index (χ0v) is 9.76. The van der Waals surface area contributed by atoms with Crippen LogP contribution in [0.1, 0.15) is 18.7 Å². The van der Waals surface area contributed by atoms with Crippen LogP contribution in [0.4, 0.5) is 0 Å². The van der Waals surface area contributed by atoms with Crippen LogP contribution in [0, 0.1) is 3.57 Å². The molecule has 0 bridgehead atoms. The van der Waals surface area contributed by atoms with Gasteiger partial charge in [0.2, 0.25) is 0 Å². The van der Waals surface area contributed by atoms with Gasteiger partial charge in [-0.15, -0.1) is 0 Å². The molecule has 0 spiro atoms. The summed E-state index contributed by atoms with van der Waals surface area (Å²) in [6.07, 6.45) is 1.76. The Bertz CT molecular complexity index is 263. The molecule has 1 aromatic rings. The maximum Gasteiger partial charge on any atom is 0.0702 e. The zero-order valence-electron chi connectivity index (χ0n) is 6.01. The van der Waals surface area contributed by atoms with Gasteiger partial charge in [-0.05, 0) is 51.5 Å². The lowest BCUT2D eigenvalue weighted by atomic mass is 10.2. The van der Waals surface area contributed by atoms with Crippen molar-refractivity contribution in [2.24, 2.45) is 5.73 Å². The number of nitrogens with two attached hydrogens (primary N) is 1. The quantitative estimate of drug-likeness (QED) is 0.805. The van der Waals surface area contributed by atoms with Gasteiger partial charge in [-0.3, -0.25) is 4.98 Å². The van der Waals surface area contributed by atoms with Gasteiger partial charge in [-0.2, -0.15) is 0 Å². The van der Waals surface area contributed by atoms with Crippen LogP contribution in [0.3, 0.4) is 0 Å². The monoisotopic (exact) mass is 326 g/mol. The molecular formula is C7H8BrIN2. The number of hydrogen-bond donors (Lipinski definition) is 1. The SMILES string of the molecule is CC(N)c1ncc(Br)cc1I. The number of hydrogen-bond acceptors (Lipinski definition) is 2. The Labute approximate surface area is 87.9 Å². The van der Waals surface area contributed by atoms with Crippen LogP contribution >= 0.6 is 38.5 Å². The van der Waals surface area contributed by atoms with Gasteiger partial charge in [0.15, 0.2) is 0 Å². The molecule has 4 heteroatoms. The third-order valence-electron chi connectivity index (χ3n) is 1.27. The first kappa shape index (κ1) is 9.41. The van der Waals surface area contributed by atoms with E-state index in [1.807, 2.05) is 13.0 Å². The highest BCUT2D eigenvalue weighted by Crippen LogP contribution is 2.19. The van der Waals surface area contributed by atoms with Gasteiger partial charge in [-0.1, -0.05) is 0 Å². The predicted octanol–water partition coefficient (Wildman–Crippen LogP) is 2.47. The highest BCUT2D eigenvalue weighted by atomic mass is 127. The molecule has 2 nitrogen and oxygen atoms in total. The van der Waals surface area contributed by atoms with Gasteiger partial charge >= 0.3 is 0 Å². The van der Waals surface area contributed by atoms with Gasteiger partial charge in [0, 0.05) is 20.3 Å². The van der Waals surface area contributed by atoms with Crippen LogP contribution < -0.4 is 5.73 Å². The molecule has 1 unspecified atom stereocenters. The highest BCUT2D eigenvalue weighted by Gasteiger charge is 2.05. The lowest BCUT2D eigenvalue weighted by Crippen LogP contribution is -2.09. The fraction of sp³-hybridized carbons (Fsp3) is 0.286. The minimum absolute atomic E-state index is 0.00926. The molecule has 0 aliphatic rings. The first-order valence-corrected chi connectivity index (χ1v) is 5.05. The fourth-order valence-corrected chi connectivity index (χ4v) is 2.49. The second-order valence-corrected chi connectivity index (χ2v) is 4.39. The van der Waals surface area contributed by atoms with Crippen LogP contribution in [-0.4, -0.2) is 4.98 Å². The second-order valence-electron chi connectivity index (χ2n) is 2.31. The molecule has 1 heterocycles. The van der Waals surface area contributed by atoms with E-state index in [9.17, 15) is 0 Å². The summed E-state index contributed by atoms with van der Waals surface area (Å²) in [7, 11) is 0. The minimum Gasteiger partial charge on any atom is -0.323 e. The molecule has 0 aromatic carbocycles. The van der Waals surface area contributed by atoms with Crippen molar-refractivity contribution in [2.45, 2.75) is 13.0 Å². The Hall–Kier alpha value is 0.320. The van der Waals surface area contributed by atoms with Crippen LogP contribution in [0.25, 0.3) is 0 Å². The summed E-state index contributed by atoms with van der Waals surface area (Å²) in [5.74, 6) is 0. The standard InChI is InChI=1S/C7H8BrIN2/c1-4(10)7-6(9)2-5(8)3-11-7/h2-4H,10H2,1H3. The first-order valence-electron chi connectivity index (χ1n) is 3.18. The van der Waals surface area contributed by atoms with E-state index in [4.69, 9.17) is 5.73 Å². The maximum atomic E-state index is 5.68. The van der Waals surface area contributed by atoms with Crippen molar-refractivity contribution < 1.29 is 0 Å². The molecule has 2 N–H and O–H groups in total. The largest absolute Gasteiger partial charge is 0.323 e. The molecule has 0 aliphatic heterocycles. The summed E-state index contributed by atoms with van der Waals surface area (Å²) in [6, 6.07) is 2.02. The number of pyridine rings is 1. The van der Waals surface area contributed by atoms with E-state index >= 15 is 0 Å². The highest BCUT2D eigenvalue weighted by molar-refractivity contribution is 14.1. The van der Waals surface area contributed by atoms with Gasteiger partial charge in [0.25, 0.3) is 0 Å². The van der Waals surface area contributed by atoms with E-state index in [0.717, 1.165) is 13.7 Å². The van der Waals surface area contributed by atoms with Gasteiger partial charge in [0.05, 0.1) is 5.69 Å². The lowest BCUT2D eigenvalue weighted by molar-refractivity contribution is 0.773. The molecule has 0 aliphatic carbocycles. The Kier molecular flexibility index (Phi) is 3.27. The molecule has 0 fully saturated rings. The summed E-state index contributed by atoms with van der Waals surface area (Å²) >= 11 is 5.57. The van der Waals surface area contributed by atoms with Crippen molar-refractivity contribution in [1.82, 2.24) is 4.98 Å². The normalized spacial score (nSPS) is 13.1. The van der Waals surface area contributed by atoms with E-state index < -0.39 is 0 Å². The third kappa shape index (κ3) is 2.38. The first-order chi connectivity index (χ1) is 5.11. The van der Waals surface area contributed by atoms with Crippen LogP contribution in [0.15, 0.2) is 16.7 Å². The molecule has 0 saturated carbocycles. The van der Waals surface area contributed by atoms with E-state index in [1.165, 1.54) is 0 Å². The van der Waals surface area contributed by atoms with Crippen molar-refractivity contribution in [3.8, 4) is 0 Å². The molecule has 60 valence electrons. The minimum atomic E-state index is 0.00926. The van der Waals surface area contributed by atoms with Crippen molar-refractivity contribution in [3.63, 3.8) is 0 Å². The number of halogens is 2.